The SMILES string of the molecule is CON(C=O)c1cccc2c1C(=O)c1c(-c3ccc(OCC(=O)NCCOCCOCCOCCNC(=O)CC[C@H](NC(=O)c4ccc(N(C)Cc5cnc6nc(N)nc(N)c6n5)cc4)C(=O)O)cc3)n[nH]c1-2. The van der Waals surface area contributed by atoms with Crippen molar-refractivity contribution in [2.75, 3.05) is 94.9 Å². The summed E-state index contributed by atoms with van der Waals surface area (Å²) in [5, 5.41) is 25.9. The minimum Gasteiger partial charge on any atom is -0.484 e. The van der Waals surface area contributed by atoms with Gasteiger partial charge in [-0.05, 0) is 61.0 Å². The molecule has 9 N–H and O–H groups in total. The van der Waals surface area contributed by atoms with Crippen LogP contribution in [0, 0.1) is 0 Å². The number of H-pyrrole nitrogens is 1. The molecule has 6 aromatic rings. The number of rotatable bonds is 28. The van der Waals surface area contributed by atoms with Gasteiger partial charge in [0.25, 0.3) is 11.8 Å². The first-order valence-electron chi connectivity index (χ1n) is 22.8. The molecular formula is C48H53N13O12. The van der Waals surface area contributed by atoms with Crippen molar-refractivity contribution < 1.29 is 57.7 Å². The summed E-state index contributed by atoms with van der Waals surface area (Å²) >= 11 is 0. The molecule has 25 nitrogen and oxygen atoms in total. The summed E-state index contributed by atoms with van der Waals surface area (Å²) in [6.07, 6.45) is 1.77. The molecule has 0 aliphatic heterocycles. The number of nitrogens with one attached hydrogen (secondary N) is 4. The molecule has 0 bridgehead atoms. The number of carbonyl (C=O) groups is 6. The Kier molecular flexibility index (Phi) is 17.8. The second-order valence-electron chi connectivity index (χ2n) is 16.1. The lowest BCUT2D eigenvalue weighted by Gasteiger charge is -2.19. The number of nitrogens with zero attached hydrogens (tertiary/aromatic N) is 7. The van der Waals surface area contributed by atoms with Crippen molar-refractivity contribution >= 4 is 70.2 Å². The number of carboxylic acid groups (broad SMARTS) is 1. The number of nitrogens with two attached hydrogens (primary N) is 2. The Morgan fingerprint density at radius 3 is 2.21 bits per heavy atom. The number of benzene rings is 3. The minimum atomic E-state index is -1.30. The highest BCUT2D eigenvalue weighted by Gasteiger charge is 2.36. The van der Waals surface area contributed by atoms with E-state index < -0.39 is 23.8 Å². The van der Waals surface area contributed by atoms with Crippen LogP contribution in [0.2, 0.25) is 0 Å². The topological polar surface area (TPSA) is 344 Å². The lowest BCUT2D eigenvalue weighted by atomic mass is 10.0. The summed E-state index contributed by atoms with van der Waals surface area (Å²) in [6.45, 7) is 2.13. The molecule has 382 valence electrons. The summed E-state index contributed by atoms with van der Waals surface area (Å²) < 4.78 is 22.1. The molecule has 7 rings (SSSR count). The van der Waals surface area contributed by atoms with Gasteiger partial charge >= 0.3 is 5.97 Å². The summed E-state index contributed by atoms with van der Waals surface area (Å²) in [5.74, 6) is -2.37. The molecule has 4 amide bonds. The number of hydroxylamine groups is 1. The van der Waals surface area contributed by atoms with Crippen LogP contribution >= 0.6 is 0 Å². The summed E-state index contributed by atoms with van der Waals surface area (Å²) in [4.78, 5) is 98.3. The lowest BCUT2D eigenvalue weighted by Crippen LogP contribution is -2.41. The smallest absolute Gasteiger partial charge is 0.326 e. The first-order chi connectivity index (χ1) is 35.3. The number of carbonyl (C=O) groups excluding carboxylic acids is 5. The van der Waals surface area contributed by atoms with Gasteiger partial charge in [-0.1, -0.05) is 12.1 Å². The number of aromatic amines is 1. The van der Waals surface area contributed by atoms with Gasteiger partial charge in [0.15, 0.2) is 29.4 Å². The first kappa shape index (κ1) is 52.2. The van der Waals surface area contributed by atoms with Crippen molar-refractivity contribution in [3.8, 4) is 28.3 Å². The van der Waals surface area contributed by atoms with Crippen LogP contribution < -0.4 is 42.1 Å². The van der Waals surface area contributed by atoms with E-state index in [1.165, 1.54) is 7.11 Å². The third-order valence-corrected chi connectivity index (χ3v) is 11.2. The maximum absolute atomic E-state index is 13.5. The van der Waals surface area contributed by atoms with Crippen LogP contribution in [0.4, 0.5) is 23.1 Å². The van der Waals surface area contributed by atoms with Crippen molar-refractivity contribution in [2.45, 2.75) is 25.4 Å². The lowest BCUT2D eigenvalue weighted by molar-refractivity contribution is -0.139. The molecule has 25 heteroatoms. The predicted molar refractivity (Wildman–Crippen MR) is 263 cm³/mol. The average Bonchev–Trinajstić information content (AvgIpc) is 3.95. The number of ether oxygens (including phenoxy) is 4. The molecule has 3 aromatic carbocycles. The highest BCUT2D eigenvalue weighted by molar-refractivity contribution is 6.26. The fourth-order valence-corrected chi connectivity index (χ4v) is 7.56. The molecule has 0 saturated carbocycles. The number of aromatic nitrogens is 6. The molecule has 3 aromatic heterocycles. The molecular weight excluding hydrogens is 951 g/mol. The second kappa shape index (κ2) is 25.0. The normalized spacial score (nSPS) is 11.9. The maximum Gasteiger partial charge on any atom is 0.326 e. The van der Waals surface area contributed by atoms with Gasteiger partial charge in [-0.2, -0.15) is 20.1 Å². The molecule has 0 spiro atoms. The van der Waals surface area contributed by atoms with Crippen LogP contribution in [-0.2, 0) is 44.8 Å². The van der Waals surface area contributed by atoms with Gasteiger partial charge in [-0.3, -0.25) is 33.9 Å². The Bertz CT molecular complexity index is 2940. The Balaban J connectivity index is 0.691. The van der Waals surface area contributed by atoms with Gasteiger partial charge in [-0.25, -0.2) is 14.8 Å². The highest BCUT2D eigenvalue weighted by atomic mass is 16.7. The molecule has 0 unspecified atom stereocenters. The van der Waals surface area contributed by atoms with E-state index in [0.29, 0.717) is 75.9 Å². The number of fused-ring (bicyclic) bond motifs is 4. The number of aliphatic carboxylic acids is 1. The fourth-order valence-electron chi connectivity index (χ4n) is 7.56. The number of anilines is 4. The number of hydrogen-bond donors (Lipinski definition) is 7. The Morgan fingerprint density at radius 2 is 1.53 bits per heavy atom. The number of nitrogen functional groups attached to an aromatic ring is 2. The summed E-state index contributed by atoms with van der Waals surface area (Å²) in [6, 6.07) is 17.1. The zero-order valence-electron chi connectivity index (χ0n) is 39.8. The van der Waals surface area contributed by atoms with Crippen molar-refractivity contribution in [3.63, 3.8) is 0 Å². The number of carboxylic acids is 1. The van der Waals surface area contributed by atoms with E-state index in [9.17, 15) is 33.9 Å². The zero-order valence-corrected chi connectivity index (χ0v) is 39.8. The van der Waals surface area contributed by atoms with E-state index in [1.807, 2.05) is 11.9 Å². The highest BCUT2D eigenvalue weighted by Crippen LogP contribution is 2.44. The molecule has 1 atom stereocenters. The maximum atomic E-state index is 13.5. The molecule has 1 aliphatic rings. The van der Waals surface area contributed by atoms with Crippen LogP contribution in [0.25, 0.3) is 33.7 Å². The molecule has 0 radical (unpaired) electrons. The van der Waals surface area contributed by atoms with Gasteiger partial charge in [0.05, 0.1) is 87.7 Å². The van der Waals surface area contributed by atoms with E-state index in [4.69, 9.17) is 35.3 Å². The van der Waals surface area contributed by atoms with Crippen molar-refractivity contribution in [2.24, 2.45) is 0 Å². The Hall–Kier alpha value is -8.65. The Morgan fingerprint density at radius 1 is 0.849 bits per heavy atom. The Labute approximate surface area is 416 Å². The zero-order chi connectivity index (χ0) is 51.9. The summed E-state index contributed by atoms with van der Waals surface area (Å²) in [5.41, 5.74) is 17.0. The van der Waals surface area contributed by atoms with Crippen LogP contribution in [0.1, 0.15) is 44.8 Å². The van der Waals surface area contributed by atoms with Crippen LogP contribution in [0.15, 0.2) is 72.9 Å². The van der Waals surface area contributed by atoms with Gasteiger partial charge in [0, 0.05) is 48.9 Å². The van der Waals surface area contributed by atoms with Crippen molar-refractivity contribution in [3.05, 3.63) is 95.3 Å². The third kappa shape index (κ3) is 13.4. The largest absolute Gasteiger partial charge is 0.484 e. The average molecular weight is 1000 g/mol. The van der Waals surface area contributed by atoms with Crippen molar-refractivity contribution in [1.82, 2.24) is 46.1 Å². The van der Waals surface area contributed by atoms with Gasteiger partial charge in [-0.15, -0.1) is 0 Å². The van der Waals surface area contributed by atoms with Gasteiger partial charge in [0.1, 0.15) is 17.5 Å². The monoisotopic (exact) mass is 1000 g/mol. The van der Waals surface area contributed by atoms with Crippen LogP contribution in [0.5, 0.6) is 5.75 Å². The standard InChI is InChI=1S/C48H53N13O12/c1-60(25-30-24-53-45-42(54-30)44(49)56-48(50)57-45)31-10-6-29(7-11-31)46(66)55-34(47(67)68)14-15-36(63)51-16-18-70-20-22-72-23-21-71-19-17-52-37(64)26-73-32-12-8-28(9-13-32)40-39-41(59-58-40)33-4-3-5-35(38(33)43(39)65)61(27-62)69-2/h3-13,24,27,34H,14-23,25-26H2,1-2H3,(H,51,63)(H,52,64)(H,55,66)(H,58,59)(H,67,68)(H4,49,50,53,56,57)/t34-/m0/s1. The second-order valence-corrected chi connectivity index (χ2v) is 16.1. The third-order valence-electron chi connectivity index (χ3n) is 11.2. The van der Waals surface area contributed by atoms with Gasteiger partial charge < -0.3 is 56.4 Å². The fraction of sp³-hybridized carbons (Fsp3) is 0.312. The predicted octanol–water partition coefficient (Wildman–Crippen LogP) is 1.67. The molecule has 1 aliphatic carbocycles. The molecule has 0 fully saturated rings. The van der Waals surface area contributed by atoms with E-state index >= 15 is 0 Å². The van der Waals surface area contributed by atoms with E-state index in [0.717, 1.165) is 10.8 Å². The molecule has 73 heavy (non-hydrogen) atoms. The number of amides is 4. The number of hydrogen-bond acceptors (Lipinski definition) is 19. The quantitative estimate of drug-likeness (QED) is 0.0208. The van der Waals surface area contributed by atoms with Crippen LogP contribution in [-0.4, -0.2) is 151 Å². The number of ketones is 1. The molecule has 3 heterocycles. The summed E-state index contributed by atoms with van der Waals surface area (Å²) in [7, 11) is 3.16. The van der Waals surface area contributed by atoms with E-state index in [2.05, 4.69) is 46.1 Å². The van der Waals surface area contributed by atoms with Gasteiger partial charge in [0.2, 0.25) is 18.3 Å². The minimum absolute atomic E-state index is 0.000348. The molecule has 0 saturated heterocycles. The van der Waals surface area contributed by atoms with E-state index in [-0.39, 0.29) is 100 Å². The van der Waals surface area contributed by atoms with Crippen molar-refractivity contribution in [1.29, 1.82) is 0 Å². The van der Waals surface area contributed by atoms with E-state index in [1.54, 1.807) is 72.9 Å². The first-order valence-corrected chi connectivity index (χ1v) is 22.8. The van der Waals surface area contributed by atoms with Crippen LogP contribution in [0.3, 0.4) is 0 Å².